The first-order valence-electron chi connectivity index (χ1n) is 4.71. The Morgan fingerprint density at radius 1 is 1.00 bits per heavy atom. The fourth-order valence-electron chi connectivity index (χ4n) is 1.37. The second kappa shape index (κ2) is 5.09. The Bertz CT molecular complexity index is 359. The molecule has 1 aromatic heterocycles. The molecule has 0 unspecified atom stereocenters. The van der Waals surface area contributed by atoms with E-state index in [9.17, 15) is 4.79 Å². The van der Waals surface area contributed by atoms with Gasteiger partial charge in [-0.25, -0.2) is 0 Å². The quantitative estimate of drug-likeness (QED) is 0.759. The molecule has 0 aliphatic rings. The molecule has 0 N–H and O–H groups in total. The molecular formula is C11H16O4. The molecule has 15 heavy (non-hydrogen) atoms. The molecule has 4 nitrogen and oxygen atoms in total. The van der Waals surface area contributed by atoms with Crippen molar-refractivity contribution in [1.29, 1.82) is 0 Å². The predicted octanol–water partition coefficient (Wildman–Crippen LogP) is 1.55. The van der Waals surface area contributed by atoms with Gasteiger partial charge < -0.3 is 13.9 Å². The highest BCUT2D eigenvalue weighted by molar-refractivity contribution is 5.25. The Morgan fingerprint density at radius 2 is 1.40 bits per heavy atom. The van der Waals surface area contributed by atoms with E-state index in [1.54, 1.807) is 28.1 Å². The summed E-state index contributed by atoms with van der Waals surface area (Å²) in [4.78, 5) is 11.8. The summed E-state index contributed by atoms with van der Waals surface area (Å²) in [5.74, 6) is 1.14. The van der Waals surface area contributed by atoms with Crippen molar-refractivity contribution in [1.82, 2.24) is 0 Å². The maximum Gasteiger partial charge on any atom is 0.191 e. The third-order valence-corrected chi connectivity index (χ3v) is 2.31. The van der Waals surface area contributed by atoms with Crippen LogP contribution in [-0.2, 0) is 22.7 Å². The Balaban J connectivity index is 3.25. The molecule has 0 aromatic carbocycles. The van der Waals surface area contributed by atoms with Crippen LogP contribution in [0.15, 0.2) is 9.21 Å². The van der Waals surface area contributed by atoms with Gasteiger partial charge in [0.2, 0.25) is 0 Å². The fraction of sp³-hybridized carbons (Fsp3) is 0.545. The van der Waals surface area contributed by atoms with E-state index in [-0.39, 0.29) is 5.43 Å². The molecule has 0 aliphatic heterocycles. The summed E-state index contributed by atoms with van der Waals surface area (Å²) in [5.41, 5.74) is 1.21. The summed E-state index contributed by atoms with van der Waals surface area (Å²) in [6, 6.07) is 0. The molecule has 0 aliphatic carbocycles. The zero-order chi connectivity index (χ0) is 11.4. The van der Waals surface area contributed by atoms with Crippen LogP contribution >= 0.6 is 0 Å². The van der Waals surface area contributed by atoms with Crippen molar-refractivity contribution in [3.05, 3.63) is 32.9 Å². The molecular weight excluding hydrogens is 196 g/mol. The lowest BCUT2D eigenvalue weighted by atomic mass is 10.1. The lowest BCUT2D eigenvalue weighted by molar-refractivity contribution is 0.136. The van der Waals surface area contributed by atoms with E-state index in [1.165, 1.54) is 0 Å². The Morgan fingerprint density at radius 3 is 1.73 bits per heavy atom. The molecule has 4 heteroatoms. The molecule has 0 bridgehead atoms. The molecule has 1 aromatic rings. The van der Waals surface area contributed by atoms with E-state index >= 15 is 0 Å². The zero-order valence-corrected chi connectivity index (χ0v) is 9.55. The van der Waals surface area contributed by atoms with E-state index in [0.717, 1.165) is 0 Å². The largest absolute Gasteiger partial charge is 0.460 e. The summed E-state index contributed by atoms with van der Waals surface area (Å²) < 4.78 is 15.5. The minimum absolute atomic E-state index is 0.000324. The van der Waals surface area contributed by atoms with Crippen LogP contribution in [0.2, 0.25) is 0 Å². The average molecular weight is 212 g/mol. The molecule has 0 spiro atoms. The first kappa shape index (κ1) is 11.9. The van der Waals surface area contributed by atoms with Gasteiger partial charge in [-0.2, -0.15) is 0 Å². The van der Waals surface area contributed by atoms with E-state index in [1.807, 2.05) is 0 Å². The first-order chi connectivity index (χ1) is 7.11. The zero-order valence-electron chi connectivity index (χ0n) is 9.55. The number of rotatable bonds is 4. The summed E-state index contributed by atoms with van der Waals surface area (Å²) in [6.07, 6.45) is 0. The summed E-state index contributed by atoms with van der Waals surface area (Å²) in [6.45, 7) is 4.09. The van der Waals surface area contributed by atoms with Crippen LogP contribution in [0.4, 0.5) is 0 Å². The van der Waals surface area contributed by atoms with Crippen LogP contribution in [-0.4, -0.2) is 14.2 Å². The lowest BCUT2D eigenvalue weighted by Crippen LogP contribution is -2.15. The predicted molar refractivity (Wildman–Crippen MR) is 55.9 cm³/mol. The Hall–Kier alpha value is -1.13. The number of hydrogen-bond donors (Lipinski definition) is 0. The van der Waals surface area contributed by atoms with Crippen LogP contribution in [0, 0.1) is 13.8 Å². The van der Waals surface area contributed by atoms with Crippen molar-refractivity contribution < 1.29 is 13.9 Å². The van der Waals surface area contributed by atoms with Gasteiger partial charge in [-0.1, -0.05) is 0 Å². The smallest absolute Gasteiger partial charge is 0.191 e. The van der Waals surface area contributed by atoms with Gasteiger partial charge in [-0.15, -0.1) is 0 Å². The van der Waals surface area contributed by atoms with E-state index in [2.05, 4.69) is 0 Å². The van der Waals surface area contributed by atoms with Crippen molar-refractivity contribution in [2.75, 3.05) is 14.2 Å². The molecule has 0 saturated heterocycles. The van der Waals surface area contributed by atoms with Gasteiger partial charge in [-0.05, 0) is 13.8 Å². The number of hydrogen-bond acceptors (Lipinski definition) is 4. The monoisotopic (exact) mass is 212 g/mol. The van der Waals surface area contributed by atoms with Crippen LogP contribution < -0.4 is 5.43 Å². The van der Waals surface area contributed by atoms with Crippen LogP contribution in [0.3, 0.4) is 0 Å². The van der Waals surface area contributed by atoms with Gasteiger partial charge in [0.1, 0.15) is 24.7 Å². The highest BCUT2D eigenvalue weighted by Gasteiger charge is 2.12. The van der Waals surface area contributed by atoms with E-state index < -0.39 is 0 Å². The van der Waals surface area contributed by atoms with Crippen LogP contribution in [0.25, 0.3) is 0 Å². The second-order valence-electron chi connectivity index (χ2n) is 3.39. The third-order valence-electron chi connectivity index (χ3n) is 2.31. The van der Waals surface area contributed by atoms with Crippen molar-refractivity contribution in [2.45, 2.75) is 27.1 Å². The van der Waals surface area contributed by atoms with Gasteiger partial charge >= 0.3 is 0 Å². The second-order valence-corrected chi connectivity index (χ2v) is 3.39. The Kier molecular flexibility index (Phi) is 4.05. The molecule has 0 fully saturated rings. The molecule has 0 saturated carbocycles. The minimum atomic E-state index is 0.000324. The van der Waals surface area contributed by atoms with Crippen molar-refractivity contribution in [3.8, 4) is 0 Å². The fourth-order valence-corrected chi connectivity index (χ4v) is 1.37. The molecule has 0 radical (unpaired) electrons. The highest BCUT2D eigenvalue weighted by Crippen LogP contribution is 2.12. The normalized spacial score (nSPS) is 10.7. The van der Waals surface area contributed by atoms with Crippen LogP contribution in [0.1, 0.15) is 22.6 Å². The molecule has 0 atom stereocenters. The van der Waals surface area contributed by atoms with Gasteiger partial charge in [0.25, 0.3) is 0 Å². The van der Waals surface area contributed by atoms with Crippen LogP contribution in [0.5, 0.6) is 0 Å². The highest BCUT2D eigenvalue weighted by atomic mass is 16.5. The average Bonchev–Trinajstić information content (AvgIpc) is 2.22. The molecule has 0 amide bonds. The maximum atomic E-state index is 11.8. The SMILES string of the molecule is COCc1oc(COC)c(C)c(=O)c1C. The molecule has 1 rings (SSSR count). The topological polar surface area (TPSA) is 48.7 Å². The maximum absolute atomic E-state index is 11.8. The standard InChI is InChI=1S/C11H16O4/c1-7-9(5-13-3)15-10(6-14-4)8(2)11(7)12/h5-6H2,1-4H3. The van der Waals surface area contributed by atoms with Gasteiger partial charge in [0, 0.05) is 25.3 Å². The minimum Gasteiger partial charge on any atom is -0.460 e. The van der Waals surface area contributed by atoms with Gasteiger partial charge in [0.15, 0.2) is 5.43 Å². The third kappa shape index (κ3) is 2.46. The van der Waals surface area contributed by atoms with E-state index in [0.29, 0.717) is 35.9 Å². The lowest BCUT2D eigenvalue weighted by Gasteiger charge is -2.09. The summed E-state index contributed by atoms with van der Waals surface area (Å²) in [7, 11) is 3.13. The van der Waals surface area contributed by atoms with Crippen molar-refractivity contribution in [3.63, 3.8) is 0 Å². The van der Waals surface area contributed by atoms with Gasteiger partial charge in [0.05, 0.1) is 0 Å². The van der Waals surface area contributed by atoms with Crippen molar-refractivity contribution in [2.24, 2.45) is 0 Å². The molecule has 84 valence electrons. The summed E-state index contributed by atoms with van der Waals surface area (Å²) in [5, 5.41) is 0. The Labute approximate surface area is 88.8 Å². The summed E-state index contributed by atoms with van der Waals surface area (Å²) >= 11 is 0. The molecule has 1 heterocycles. The number of methoxy groups -OCH3 is 2. The van der Waals surface area contributed by atoms with Gasteiger partial charge in [-0.3, -0.25) is 4.79 Å². The first-order valence-corrected chi connectivity index (χ1v) is 4.71. The number of ether oxygens (including phenoxy) is 2. The van der Waals surface area contributed by atoms with E-state index in [4.69, 9.17) is 13.9 Å². The van der Waals surface area contributed by atoms with Crippen molar-refractivity contribution >= 4 is 0 Å².